The van der Waals surface area contributed by atoms with Gasteiger partial charge in [-0.3, -0.25) is 9.59 Å². The molecule has 0 saturated heterocycles. The lowest BCUT2D eigenvalue weighted by molar-refractivity contribution is 0.0558. The van der Waals surface area contributed by atoms with Crippen LogP contribution in [-0.2, 0) is 0 Å². The SMILES string of the molecule is NCCN(CC(F)F)C(=O)c1cc2cc(Br)ccc2c(=O)[nH]1. The summed E-state index contributed by atoms with van der Waals surface area (Å²) < 4.78 is 25.9. The van der Waals surface area contributed by atoms with Crippen LogP contribution in [0.3, 0.4) is 0 Å². The van der Waals surface area contributed by atoms with Gasteiger partial charge in [0.2, 0.25) is 0 Å². The van der Waals surface area contributed by atoms with E-state index in [1.807, 2.05) is 0 Å². The number of alkyl halides is 2. The van der Waals surface area contributed by atoms with E-state index in [9.17, 15) is 18.4 Å². The van der Waals surface area contributed by atoms with Crippen molar-refractivity contribution >= 4 is 32.6 Å². The first-order valence-corrected chi connectivity index (χ1v) is 7.31. The van der Waals surface area contributed by atoms with E-state index in [4.69, 9.17) is 5.73 Å². The van der Waals surface area contributed by atoms with E-state index in [1.54, 1.807) is 18.2 Å². The first-order valence-electron chi connectivity index (χ1n) is 6.52. The van der Waals surface area contributed by atoms with Crippen molar-refractivity contribution in [3.05, 3.63) is 44.8 Å². The Bertz CT molecular complexity index is 748. The Labute approximate surface area is 133 Å². The van der Waals surface area contributed by atoms with E-state index in [1.165, 1.54) is 6.07 Å². The van der Waals surface area contributed by atoms with Crippen molar-refractivity contribution in [1.29, 1.82) is 0 Å². The van der Waals surface area contributed by atoms with Crippen molar-refractivity contribution in [1.82, 2.24) is 9.88 Å². The molecule has 1 heterocycles. The maximum atomic E-state index is 12.6. The van der Waals surface area contributed by atoms with Crippen LogP contribution in [0.5, 0.6) is 0 Å². The summed E-state index contributed by atoms with van der Waals surface area (Å²) in [5.74, 6) is -0.676. The molecular weight excluding hydrogens is 360 g/mol. The first-order chi connectivity index (χ1) is 10.4. The molecule has 0 saturated carbocycles. The van der Waals surface area contributed by atoms with E-state index >= 15 is 0 Å². The second-order valence-corrected chi connectivity index (χ2v) is 5.59. The Hall–Kier alpha value is -1.80. The zero-order chi connectivity index (χ0) is 16.3. The molecule has 0 bridgehead atoms. The minimum atomic E-state index is -2.67. The van der Waals surface area contributed by atoms with Gasteiger partial charge in [0.15, 0.2) is 0 Å². The van der Waals surface area contributed by atoms with E-state index in [-0.39, 0.29) is 18.8 Å². The van der Waals surface area contributed by atoms with Crippen molar-refractivity contribution in [2.75, 3.05) is 19.6 Å². The van der Waals surface area contributed by atoms with Crippen LogP contribution >= 0.6 is 15.9 Å². The number of aromatic nitrogens is 1. The Morgan fingerprint density at radius 1 is 1.36 bits per heavy atom. The van der Waals surface area contributed by atoms with Crippen LogP contribution in [0, 0.1) is 0 Å². The number of hydrogen-bond acceptors (Lipinski definition) is 3. The highest BCUT2D eigenvalue weighted by Gasteiger charge is 2.20. The molecule has 0 spiro atoms. The lowest BCUT2D eigenvalue weighted by Crippen LogP contribution is -2.39. The lowest BCUT2D eigenvalue weighted by atomic mass is 10.1. The van der Waals surface area contributed by atoms with Crippen molar-refractivity contribution in [3.8, 4) is 0 Å². The minimum Gasteiger partial charge on any atom is -0.330 e. The Morgan fingerprint density at radius 2 is 2.09 bits per heavy atom. The van der Waals surface area contributed by atoms with Crippen LogP contribution in [0.4, 0.5) is 8.78 Å². The number of nitrogens with two attached hydrogens (primary N) is 1. The van der Waals surface area contributed by atoms with Gasteiger partial charge in [0.25, 0.3) is 17.9 Å². The number of benzene rings is 1. The first kappa shape index (κ1) is 16.6. The zero-order valence-corrected chi connectivity index (χ0v) is 13.1. The molecule has 5 nitrogen and oxygen atoms in total. The lowest BCUT2D eigenvalue weighted by Gasteiger charge is -2.21. The van der Waals surface area contributed by atoms with Crippen molar-refractivity contribution in [2.24, 2.45) is 5.73 Å². The largest absolute Gasteiger partial charge is 0.330 e. The second-order valence-electron chi connectivity index (χ2n) is 4.67. The predicted octanol–water partition coefficient (Wildman–Crippen LogP) is 1.96. The quantitative estimate of drug-likeness (QED) is 0.840. The number of carbonyl (C=O) groups excluding carboxylic acids is 1. The Balaban J connectivity index is 2.44. The third-order valence-electron chi connectivity index (χ3n) is 3.08. The Kier molecular flexibility index (Phi) is 5.25. The van der Waals surface area contributed by atoms with Crippen molar-refractivity contribution in [3.63, 3.8) is 0 Å². The van der Waals surface area contributed by atoms with Gasteiger partial charge in [-0.15, -0.1) is 0 Å². The summed E-state index contributed by atoms with van der Waals surface area (Å²) >= 11 is 3.28. The number of halogens is 3. The summed E-state index contributed by atoms with van der Waals surface area (Å²) in [7, 11) is 0. The molecule has 1 aromatic carbocycles. The molecule has 22 heavy (non-hydrogen) atoms. The van der Waals surface area contributed by atoms with Crippen LogP contribution < -0.4 is 11.3 Å². The molecule has 8 heteroatoms. The van der Waals surface area contributed by atoms with Gasteiger partial charge in [-0.1, -0.05) is 15.9 Å². The fraction of sp³-hybridized carbons (Fsp3) is 0.286. The molecule has 3 N–H and O–H groups in total. The van der Waals surface area contributed by atoms with Crippen LogP contribution in [-0.4, -0.2) is 41.9 Å². The number of aromatic amines is 1. The van der Waals surface area contributed by atoms with Gasteiger partial charge in [0, 0.05) is 22.9 Å². The number of nitrogens with one attached hydrogen (secondary N) is 1. The number of fused-ring (bicyclic) bond motifs is 1. The Morgan fingerprint density at radius 3 is 2.73 bits per heavy atom. The van der Waals surface area contributed by atoms with Gasteiger partial charge in [-0.2, -0.15) is 0 Å². The summed E-state index contributed by atoms with van der Waals surface area (Å²) in [5, 5.41) is 0.963. The molecule has 0 fully saturated rings. The summed E-state index contributed by atoms with van der Waals surface area (Å²) in [5.41, 5.74) is 4.86. The van der Waals surface area contributed by atoms with Crippen LogP contribution in [0.1, 0.15) is 10.5 Å². The molecule has 2 aromatic rings. The molecule has 0 radical (unpaired) electrons. The molecule has 0 aliphatic heterocycles. The number of H-pyrrole nitrogens is 1. The third kappa shape index (κ3) is 3.69. The number of nitrogens with zero attached hydrogens (tertiary/aromatic N) is 1. The number of amides is 1. The summed E-state index contributed by atoms with van der Waals surface area (Å²) in [6, 6.07) is 6.47. The molecule has 1 amide bonds. The molecule has 0 unspecified atom stereocenters. The van der Waals surface area contributed by atoms with Gasteiger partial charge in [-0.25, -0.2) is 8.78 Å². The monoisotopic (exact) mass is 373 g/mol. The fourth-order valence-corrected chi connectivity index (χ4v) is 2.50. The molecule has 118 valence electrons. The van der Waals surface area contributed by atoms with Gasteiger partial charge in [0.1, 0.15) is 5.69 Å². The van der Waals surface area contributed by atoms with E-state index < -0.39 is 24.4 Å². The molecule has 0 atom stereocenters. The van der Waals surface area contributed by atoms with Gasteiger partial charge in [0.05, 0.1) is 6.54 Å². The van der Waals surface area contributed by atoms with Crippen LogP contribution in [0.15, 0.2) is 33.5 Å². The average molecular weight is 374 g/mol. The zero-order valence-electron chi connectivity index (χ0n) is 11.5. The van der Waals surface area contributed by atoms with Gasteiger partial charge >= 0.3 is 0 Å². The van der Waals surface area contributed by atoms with Crippen molar-refractivity contribution < 1.29 is 13.6 Å². The predicted molar refractivity (Wildman–Crippen MR) is 83.2 cm³/mol. The highest BCUT2D eigenvalue weighted by molar-refractivity contribution is 9.10. The summed E-state index contributed by atoms with van der Waals surface area (Å²) in [6.07, 6.45) is -2.67. The van der Waals surface area contributed by atoms with Crippen LogP contribution in [0.2, 0.25) is 0 Å². The summed E-state index contributed by atoms with van der Waals surface area (Å²) in [6.45, 7) is -0.682. The second kappa shape index (κ2) is 6.97. The van der Waals surface area contributed by atoms with E-state index in [0.29, 0.717) is 10.8 Å². The highest BCUT2D eigenvalue weighted by atomic mass is 79.9. The van der Waals surface area contributed by atoms with Gasteiger partial charge in [-0.05, 0) is 29.7 Å². The normalized spacial score (nSPS) is 11.1. The van der Waals surface area contributed by atoms with Gasteiger partial charge < -0.3 is 15.6 Å². The minimum absolute atomic E-state index is 0.0122. The number of hydrogen-bond donors (Lipinski definition) is 2. The molecular formula is C14H14BrF2N3O2. The number of pyridine rings is 1. The molecule has 1 aromatic heterocycles. The smallest absolute Gasteiger partial charge is 0.270 e. The fourth-order valence-electron chi connectivity index (χ4n) is 2.12. The highest BCUT2D eigenvalue weighted by Crippen LogP contribution is 2.18. The average Bonchev–Trinajstić information content (AvgIpc) is 2.45. The summed E-state index contributed by atoms with van der Waals surface area (Å²) in [4.78, 5) is 27.7. The standard InChI is InChI=1S/C14H14BrF2N3O2/c15-9-1-2-10-8(5-9)6-11(19-13(10)21)14(22)20(4-3-18)7-12(16)17/h1-2,5-6,12H,3-4,7,18H2,(H,19,21). The number of carbonyl (C=O) groups is 1. The third-order valence-corrected chi connectivity index (χ3v) is 3.57. The topological polar surface area (TPSA) is 79.2 Å². The van der Waals surface area contributed by atoms with E-state index in [2.05, 4.69) is 20.9 Å². The maximum Gasteiger partial charge on any atom is 0.270 e. The molecule has 0 aliphatic carbocycles. The maximum absolute atomic E-state index is 12.6. The van der Waals surface area contributed by atoms with Crippen molar-refractivity contribution in [2.45, 2.75) is 6.43 Å². The molecule has 0 aliphatic rings. The number of rotatable bonds is 5. The molecule has 2 rings (SSSR count). The van der Waals surface area contributed by atoms with Crippen LogP contribution in [0.25, 0.3) is 10.8 Å². The van der Waals surface area contributed by atoms with E-state index in [0.717, 1.165) is 9.37 Å².